The van der Waals surface area contributed by atoms with Crippen LogP contribution in [-0.4, -0.2) is 28.7 Å². The second-order valence-corrected chi connectivity index (χ2v) is 3.95. The first-order valence-corrected chi connectivity index (χ1v) is 6.18. The van der Waals surface area contributed by atoms with Crippen LogP contribution in [0.3, 0.4) is 0 Å². The van der Waals surface area contributed by atoms with E-state index >= 15 is 0 Å². The summed E-state index contributed by atoms with van der Waals surface area (Å²) in [5, 5.41) is 14.5. The van der Waals surface area contributed by atoms with Gasteiger partial charge in [0, 0.05) is 12.2 Å². The molecule has 106 valence electrons. The van der Waals surface area contributed by atoms with Gasteiger partial charge in [0.05, 0.1) is 12.3 Å². The lowest BCUT2D eigenvalue weighted by molar-refractivity contribution is -0.137. The van der Waals surface area contributed by atoms with Crippen molar-refractivity contribution in [1.82, 2.24) is 5.32 Å². The average Bonchev–Trinajstić information content (AvgIpc) is 2.39. The van der Waals surface area contributed by atoms with E-state index in [9.17, 15) is 14.7 Å². The first-order valence-electron chi connectivity index (χ1n) is 5.77. The zero-order valence-electron chi connectivity index (χ0n) is 10.8. The second-order valence-electron chi connectivity index (χ2n) is 3.55. The van der Waals surface area contributed by atoms with E-state index < -0.39 is 11.9 Å². The Kier molecular flexibility index (Phi) is 6.18. The Labute approximate surface area is 121 Å². The Morgan fingerprint density at radius 3 is 2.70 bits per heavy atom. The van der Waals surface area contributed by atoms with Crippen molar-refractivity contribution in [2.24, 2.45) is 0 Å². The van der Waals surface area contributed by atoms with Crippen molar-refractivity contribution in [3.63, 3.8) is 0 Å². The lowest BCUT2D eigenvalue weighted by Crippen LogP contribution is -2.33. The molecule has 0 unspecified atom stereocenters. The maximum absolute atomic E-state index is 11.4. The Morgan fingerprint density at radius 2 is 2.05 bits per heavy atom. The number of hydrogen-bond acceptors (Lipinski definition) is 5. The maximum Gasteiger partial charge on any atom is 0.330 e. The molecule has 3 N–H and O–H groups in total. The molecule has 0 saturated carbocycles. The summed E-state index contributed by atoms with van der Waals surface area (Å²) in [6.45, 7) is 1.90. The van der Waals surface area contributed by atoms with Crippen molar-refractivity contribution in [1.29, 1.82) is 0 Å². The third kappa shape index (κ3) is 5.49. The van der Waals surface area contributed by atoms with E-state index in [1.165, 1.54) is 6.07 Å². The highest BCUT2D eigenvalue weighted by atomic mass is 32.1. The van der Waals surface area contributed by atoms with Crippen LogP contribution in [0, 0.1) is 0 Å². The molecule has 0 bridgehead atoms. The van der Waals surface area contributed by atoms with E-state index in [1.54, 1.807) is 25.1 Å². The summed E-state index contributed by atoms with van der Waals surface area (Å²) in [6, 6.07) is 6.44. The fraction of sp³-hybridized carbons (Fsp3) is 0.154. The second kappa shape index (κ2) is 7.90. The number of para-hydroxylation sites is 2. The van der Waals surface area contributed by atoms with Crippen LogP contribution in [0.1, 0.15) is 6.92 Å². The van der Waals surface area contributed by atoms with Crippen molar-refractivity contribution in [2.45, 2.75) is 6.92 Å². The van der Waals surface area contributed by atoms with Gasteiger partial charge in [-0.25, -0.2) is 4.79 Å². The highest BCUT2D eigenvalue weighted by Gasteiger charge is 2.05. The Bertz CT molecular complexity index is 543. The van der Waals surface area contributed by atoms with Crippen molar-refractivity contribution >= 4 is 34.9 Å². The predicted octanol–water partition coefficient (Wildman–Crippen LogP) is 1.32. The van der Waals surface area contributed by atoms with E-state index in [4.69, 9.17) is 12.2 Å². The van der Waals surface area contributed by atoms with Gasteiger partial charge in [-0.1, -0.05) is 12.1 Å². The van der Waals surface area contributed by atoms with Crippen LogP contribution in [0.5, 0.6) is 5.75 Å². The number of aromatic hydroxyl groups is 1. The minimum Gasteiger partial charge on any atom is -0.506 e. The molecule has 0 heterocycles. The molecular weight excluding hydrogens is 280 g/mol. The molecular formula is C13H14N2O4S. The molecule has 0 atom stereocenters. The van der Waals surface area contributed by atoms with Crippen LogP contribution in [0.25, 0.3) is 0 Å². The van der Waals surface area contributed by atoms with Gasteiger partial charge in [0.15, 0.2) is 5.11 Å². The fourth-order valence-electron chi connectivity index (χ4n) is 1.22. The van der Waals surface area contributed by atoms with E-state index in [2.05, 4.69) is 15.4 Å². The molecule has 0 aliphatic carbocycles. The minimum absolute atomic E-state index is 0.00464. The van der Waals surface area contributed by atoms with Gasteiger partial charge in [-0.2, -0.15) is 0 Å². The number of phenols is 1. The number of amides is 1. The summed E-state index contributed by atoms with van der Waals surface area (Å²) in [7, 11) is 0. The molecule has 1 aromatic rings. The van der Waals surface area contributed by atoms with Crippen LogP contribution in [0.4, 0.5) is 5.69 Å². The number of esters is 1. The third-order valence-corrected chi connectivity index (χ3v) is 2.25. The Morgan fingerprint density at radius 1 is 1.35 bits per heavy atom. The first-order chi connectivity index (χ1) is 9.52. The molecule has 6 nitrogen and oxygen atoms in total. The van der Waals surface area contributed by atoms with Crippen molar-refractivity contribution in [2.75, 3.05) is 11.9 Å². The molecule has 1 amide bonds. The quantitative estimate of drug-likeness (QED) is 0.336. The maximum atomic E-state index is 11.4. The molecule has 0 fully saturated rings. The largest absolute Gasteiger partial charge is 0.506 e. The zero-order valence-corrected chi connectivity index (χ0v) is 11.6. The number of ether oxygens (including phenoxy) is 1. The molecule has 20 heavy (non-hydrogen) atoms. The van der Waals surface area contributed by atoms with Crippen LogP contribution < -0.4 is 10.6 Å². The number of benzene rings is 1. The molecule has 0 spiro atoms. The van der Waals surface area contributed by atoms with Crippen molar-refractivity contribution in [3.05, 3.63) is 36.4 Å². The Hall–Kier alpha value is -2.41. The van der Waals surface area contributed by atoms with Crippen molar-refractivity contribution < 1.29 is 19.4 Å². The predicted molar refractivity (Wildman–Crippen MR) is 78.2 cm³/mol. The number of rotatable bonds is 4. The van der Waals surface area contributed by atoms with Crippen LogP contribution >= 0.6 is 12.2 Å². The number of carbonyl (C=O) groups excluding carboxylic acids is 2. The smallest absolute Gasteiger partial charge is 0.330 e. The van der Waals surface area contributed by atoms with Crippen molar-refractivity contribution in [3.8, 4) is 5.75 Å². The van der Waals surface area contributed by atoms with E-state index in [1.807, 2.05) is 0 Å². The van der Waals surface area contributed by atoms with Gasteiger partial charge in [0.2, 0.25) is 5.91 Å². The standard InChI is InChI=1S/C13H14N2O4S/c1-2-19-12(18)8-7-11(17)15-13(20)14-9-5-3-4-6-10(9)16/h3-8,16H,2H2,1H3,(H2,14,15,17,20). The Balaban J connectivity index is 2.48. The summed E-state index contributed by atoms with van der Waals surface area (Å²) >= 11 is 4.90. The van der Waals surface area contributed by atoms with Gasteiger partial charge in [0.1, 0.15) is 5.75 Å². The lowest BCUT2D eigenvalue weighted by atomic mass is 10.3. The molecule has 0 aliphatic heterocycles. The highest BCUT2D eigenvalue weighted by molar-refractivity contribution is 7.80. The summed E-state index contributed by atoms with van der Waals surface area (Å²) in [6.07, 6.45) is 2.01. The molecule has 0 saturated heterocycles. The van der Waals surface area contributed by atoms with Crippen LogP contribution in [0.2, 0.25) is 0 Å². The normalized spacial score (nSPS) is 10.1. The first kappa shape index (κ1) is 15.6. The average molecular weight is 294 g/mol. The summed E-state index contributed by atoms with van der Waals surface area (Å²) in [5.41, 5.74) is 0.368. The number of nitrogens with one attached hydrogen (secondary N) is 2. The molecule has 0 aliphatic rings. The number of hydrogen-bond donors (Lipinski definition) is 3. The number of phenolic OH excluding ortho intramolecular Hbond substituents is 1. The molecule has 0 aromatic heterocycles. The fourth-order valence-corrected chi connectivity index (χ4v) is 1.43. The van der Waals surface area contributed by atoms with Gasteiger partial charge in [-0.3, -0.25) is 10.1 Å². The van der Waals surface area contributed by atoms with Gasteiger partial charge in [-0.05, 0) is 31.3 Å². The summed E-state index contributed by atoms with van der Waals surface area (Å²) in [4.78, 5) is 22.4. The number of anilines is 1. The summed E-state index contributed by atoms with van der Waals surface area (Å²) < 4.78 is 4.62. The SMILES string of the molecule is CCOC(=O)C=CC(=O)NC(=S)Nc1ccccc1O. The number of thiocarbonyl (C=S) groups is 1. The molecule has 7 heteroatoms. The van der Waals surface area contributed by atoms with Gasteiger partial charge >= 0.3 is 5.97 Å². The lowest BCUT2D eigenvalue weighted by Gasteiger charge is -2.09. The van der Waals surface area contributed by atoms with E-state index in [0.29, 0.717) is 5.69 Å². The molecule has 0 radical (unpaired) electrons. The van der Waals surface area contributed by atoms with Crippen LogP contribution in [-0.2, 0) is 14.3 Å². The molecule has 1 aromatic carbocycles. The zero-order chi connectivity index (χ0) is 15.0. The summed E-state index contributed by atoms with van der Waals surface area (Å²) in [5.74, 6) is -1.18. The third-order valence-electron chi connectivity index (χ3n) is 2.05. The van der Waals surface area contributed by atoms with Gasteiger partial charge < -0.3 is 15.2 Å². The number of carbonyl (C=O) groups is 2. The van der Waals surface area contributed by atoms with E-state index in [-0.39, 0.29) is 17.5 Å². The highest BCUT2D eigenvalue weighted by Crippen LogP contribution is 2.21. The van der Waals surface area contributed by atoms with Gasteiger partial charge in [-0.15, -0.1) is 0 Å². The van der Waals surface area contributed by atoms with Crippen LogP contribution in [0.15, 0.2) is 36.4 Å². The molecule has 1 rings (SSSR count). The monoisotopic (exact) mass is 294 g/mol. The minimum atomic E-state index is -0.609. The van der Waals surface area contributed by atoms with Gasteiger partial charge in [0.25, 0.3) is 0 Å². The topological polar surface area (TPSA) is 87.7 Å². The van der Waals surface area contributed by atoms with E-state index in [0.717, 1.165) is 12.2 Å².